The van der Waals surface area contributed by atoms with Gasteiger partial charge < -0.3 is 16.4 Å². The first kappa shape index (κ1) is 22.1. The molecule has 1 saturated carbocycles. The Balaban J connectivity index is 1.46. The largest absolute Gasteiger partial charge is 0.370 e. The zero-order valence-electron chi connectivity index (χ0n) is 18.9. The average molecular weight is 474 g/mol. The minimum atomic E-state index is -0.229. The van der Waals surface area contributed by atoms with Gasteiger partial charge in [0.05, 0.1) is 10.4 Å². The van der Waals surface area contributed by atoms with Crippen LogP contribution < -0.4 is 21.7 Å². The van der Waals surface area contributed by atoms with Gasteiger partial charge in [0, 0.05) is 22.2 Å². The van der Waals surface area contributed by atoms with Crippen molar-refractivity contribution in [1.82, 2.24) is 15.3 Å². The molecule has 0 unspecified atom stereocenters. The molecule has 2 aromatic carbocycles. The number of amides is 1. The number of aryl methyl sites for hydroxylation is 1. The van der Waals surface area contributed by atoms with Crippen molar-refractivity contribution in [2.45, 2.75) is 44.7 Å². The minimum Gasteiger partial charge on any atom is -0.370 e. The molecule has 9 heteroatoms. The molecule has 174 valence electrons. The molecule has 5 rings (SSSR count). The van der Waals surface area contributed by atoms with Gasteiger partial charge in [-0.15, -0.1) is 11.3 Å². The van der Waals surface area contributed by atoms with Crippen LogP contribution >= 0.6 is 11.3 Å². The van der Waals surface area contributed by atoms with Gasteiger partial charge in [0.1, 0.15) is 5.82 Å². The van der Waals surface area contributed by atoms with E-state index in [9.17, 15) is 4.79 Å². The Morgan fingerprint density at radius 2 is 1.88 bits per heavy atom. The molecule has 1 amide bonds. The summed E-state index contributed by atoms with van der Waals surface area (Å²) in [5.41, 5.74) is 7.48. The van der Waals surface area contributed by atoms with Crippen molar-refractivity contribution < 1.29 is 4.79 Å². The van der Waals surface area contributed by atoms with Crippen molar-refractivity contribution >= 4 is 56.0 Å². The van der Waals surface area contributed by atoms with Crippen molar-refractivity contribution in [1.29, 1.82) is 5.41 Å². The molecule has 34 heavy (non-hydrogen) atoms. The van der Waals surface area contributed by atoms with Gasteiger partial charge in [-0.2, -0.15) is 4.98 Å². The third-order valence-electron chi connectivity index (χ3n) is 6.15. The monoisotopic (exact) mass is 473 g/mol. The molecule has 4 aromatic rings. The maximum atomic E-state index is 13.0. The molecule has 0 bridgehead atoms. The van der Waals surface area contributed by atoms with Crippen LogP contribution in [0, 0.1) is 12.3 Å². The van der Waals surface area contributed by atoms with Crippen LogP contribution in [0.1, 0.15) is 40.9 Å². The molecule has 2 atom stereocenters. The number of nitrogens with one attached hydrogen (secondary N) is 4. The quantitative estimate of drug-likeness (QED) is 0.213. The fourth-order valence-electron chi connectivity index (χ4n) is 4.52. The highest BCUT2D eigenvalue weighted by atomic mass is 32.1. The molecule has 2 aromatic heterocycles. The molecule has 1 aliphatic carbocycles. The lowest BCUT2D eigenvalue weighted by atomic mass is 9.90. The fourth-order valence-corrected chi connectivity index (χ4v) is 5.47. The van der Waals surface area contributed by atoms with E-state index in [-0.39, 0.29) is 29.9 Å². The Bertz CT molecular complexity index is 1350. The van der Waals surface area contributed by atoms with Crippen LogP contribution in [0.3, 0.4) is 0 Å². The number of thiophene rings is 1. The number of anilines is 2. The fraction of sp³-hybridized carbons (Fsp3) is 0.280. The second-order valence-corrected chi connectivity index (χ2v) is 9.80. The van der Waals surface area contributed by atoms with Crippen LogP contribution in [-0.2, 0) is 0 Å². The van der Waals surface area contributed by atoms with E-state index in [1.165, 1.54) is 11.3 Å². The smallest absolute Gasteiger partial charge is 0.268 e. The number of rotatable bonds is 5. The normalized spacial score (nSPS) is 18.0. The summed E-state index contributed by atoms with van der Waals surface area (Å²) in [6.07, 6.45) is 4.04. The summed E-state index contributed by atoms with van der Waals surface area (Å²) < 4.78 is 1.06. The highest BCUT2D eigenvalue weighted by Crippen LogP contribution is 2.29. The van der Waals surface area contributed by atoms with E-state index < -0.39 is 0 Å². The van der Waals surface area contributed by atoms with Crippen molar-refractivity contribution in [3.63, 3.8) is 0 Å². The van der Waals surface area contributed by atoms with Crippen molar-refractivity contribution in [3.05, 3.63) is 59.0 Å². The molecule has 0 radical (unpaired) electrons. The SMILES string of the molecule is Cc1ccc2nc(NC(=O)c3cc4ccccc4s3)nc(N[C@H]3CCCC[C@H]3NC(=N)N)c2c1. The van der Waals surface area contributed by atoms with Gasteiger partial charge in [-0.25, -0.2) is 4.98 Å². The van der Waals surface area contributed by atoms with Crippen LogP contribution in [-0.4, -0.2) is 33.9 Å². The van der Waals surface area contributed by atoms with Gasteiger partial charge in [0.2, 0.25) is 5.95 Å². The third-order valence-corrected chi connectivity index (χ3v) is 7.27. The number of benzene rings is 2. The van der Waals surface area contributed by atoms with Crippen LogP contribution in [0.25, 0.3) is 21.0 Å². The lowest BCUT2D eigenvalue weighted by molar-refractivity contribution is 0.103. The summed E-state index contributed by atoms with van der Waals surface area (Å²) in [7, 11) is 0. The van der Waals surface area contributed by atoms with Gasteiger partial charge in [0.15, 0.2) is 5.96 Å². The Hall–Kier alpha value is -3.72. The van der Waals surface area contributed by atoms with Crippen molar-refractivity contribution in [3.8, 4) is 0 Å². The first-order valence-corrected chi connectivity index (χ1v) is 12.2. The lowest BCUT2D eigenvalue weighted by Crippen LogP contribution is -2.50. The standard InChI is InChI=1S/C25H27N7OS/c1-14-10-11-17-16(12-14)22(28-18-7-3-4-8-19(18)29-24(26)27)31-25(30-17)32-23(33)21-13-15-6-2-5-9-20(15)34-21/h2,5-6,9-13,18-19H,3-4,7-8H2,1H3,(H4,26,27,29)(H2,28,30,31,32,33)/t18-,19+/m0/s1. The molecular formula is C25H27N7OS. The Labute approximate surface area is 201 Å². The van der Waals surface area contributed by atoms with Crippen LogP contribution in [0.5, 0.6) is 0 Å². The number of fused-ring (bicyclic) bond motifs is 2. The van der Waals surface area contributed by atoms with Gasteiger partial charge >= 0.3 is 0 Å². The number of guanidine groups is 1. The van der Waals surface area contributed by atoms with E-state index in [2.05, 4.69) is 20.9 Å². The van der Waals surface area contributed by atoms with E-state index in [4.69, 9.17) is 16.1 Å². The van der Waals surface area contributed by atoms with Gasteiger partial charge in [-0.1, -0.05) is 42.7 Å². The molecule has 6 N–H and O–H groups in total. The first-order chi connectivity index (χ1) is 16.5. The zero-order chi connectivity index (χ0) is 23.7. The number of carbonyl (C=O) groups is 1. The summed E-state index contributed by atoms with van der Waals surface area (Å²) in [6, 6.07) is 15.9. The number of nitrogens with two attached hydrogens (primary N) is 1. The van der Waals surface area contributed by atoms with Gasteiger partial charge in [-0.05, 0) is 49.4 Å². The number of hydrogen-bond donors (Lipinski definition) is 5. The predicted molar refractivity (Wildman–Crippen MR) is 139 cm³/mol. The summed E-state index contributed by atoms with van der Waals surface area (Å²) in [5, 5.41) is 19.1. The highest BCUT2D eigenvalue weighted by Gasteiger charge is 2.26. The molecule has 1 aliphatic rings. The summed E-state index contributed by atoms with van der Waals surface area (Å²) in [4.78, 5) is 22.9. The van der Waals surface area contributed by atoms with Gasteiger partial charge in [0.25, 0.3) is 5.91 Å². The van der Waals surface area contributed by atoms with E-state index in [1.807, 2.05) is 55.5 Å². The van der Waals surface area contributed by atoms with E-state index in [0.29, 0.717) is 10.7 Å². The van der Waals surface area contributed by atoms with Crippen LogP contribution in [0.15, 0.2) is 48.5 Å². The highest BCUT2D eigenvalue weighted by molar-refractivity contribution is 7.20. The van der Waals surface area contributed by atoms with Crippen LogP contribution in [0.2, 0.25) is 0 Å². The average Bonchev–Trinajstić information content (AvgIpc) is 3.25. The summed E-state index contributed by atoms with van der Waals surface area (Å²) in [5.74, 6) is 0.668. The Kier molecular flexibility index (Phi) is 6.02. The van der Waals surface area contributed by atoms with E-state index in [0.717, 1.165) is 52.2 Å². The van der Waals surface area contributed by atoms with Crippen molar-refractivity contribution in [2.24, 2.45) is 5.73 Å². The number of nitrogens with zero attached hydrogens (tertiary/aromatic N) is 2. The van der Waals surface area contributed by atoms with Gasteiger partial charge in [-0.3, -0.25) is 15.5 Å². The first-order valence-electron chi connectivity index (χ1n) is 11.4. The predicted octanol–water partition coefficient (Wildman–Crippen LogP) is 4.61. The molecular weight excluding hydrogens is 446 g/mol. The number of carbonyl (C=O) groups excluding carboxylic acids is 1. The van der Waals surface area contributed by atoms with E-state index >= 15 is 0 Å². The molecule has 8 nitrogen and oxygen atoms in total. The Morgan fingerprint density at radius 1 is 1.09 bits per heavy atom. The maximum Gasteiger partial charge on any atom is 0.268 e. The molecule has 0 saturated heterocycles. The second-order valence-electron chi connectivity index (χ2n) is 8.72. The molecule has 1 fully saturated rings. The molecule has 0 spiro atoms. The summed E-state index contributed by atoms with van der Waals surface area (Å²) >= 11 is 1.45. The second kappa shape index (κ2) is 9.26. The number of aromatic nitrogens is 2. The number of hydrogen-bond acceptors (Lipinski definition) is 6. The molecule has 2 heterocycles. The van der Waals surface area contributed by atoms with Crippen LogP contribution in [0.4, 0.5) is 11.8 Å². The topological polar surface area (TPSA) is 129 Å². The maximum absolute atomic E-state index is 13.0. The lowest BCUT2D eigenvalue weighted by Gasteiger charge is -2.33. The Morgan fingerprint density at radius 3 is 2.68 bits per heavy atom. The molecule has 0 aliphatic heterocycles. The minimum absolute atomic E-state index is 0.0293. The van der Waals surface area contributed by atoms with Crippen molar-refractivity contribution in [2.75, 3.05) is 10.6 Å². The van der Waals surface area contributed by atoms with E-state index in [1.54, 1.807) is 0 Å². The summed E-state index contributed by atoms with van der Waals surface area (Å²) in [6.45, 7) is 2.03. The third kappa shape index (κ3) is 4.65. The zero-order valence-corrected chi connectivity index (χ0v) is 19.7.